The second-order valence-corrected chi connectivity index (χ2v) is 6.69. The third kappa shape index (κ3) is 3.35. The molecule has 0 fully saturated rings. The molecule has 0 aliphatic carbocycles. The number of thiazole rings is 1. The Morgan fingerprint density at radius 1 is 1.42 bits per heavy atom. The smallest absolute Gasteiger partial charge is 0.304 e. The first-order valence-corrected chi connectivity index (χ1v) is 7.84. The van der Waals surface area contributed by atoms with E-state index in [2.05, 4.69) is 9.71 Å². The highest BCUT2D eigenvalue weighted by molar-refractivity contribution is 7.89. The van der Waals surface area contributed by atoms with Crippen molar-refractivity contribution in [1.82, 2.24) is 9.71 Å². The van der Waals surface area contributed by atoms with Gasteiger partial charge in [0.15, 0.2) is 0 Å². The van der Waals surface area contributed by atoms with E-state index in [1.54, 1.807) is 5.38 Å². The third-order valence-electron chi connectivity index (χ3n) is 2.29. The molecule has 1 aromatic carbocycles. The number of nitrogens with one attached hydrogen (secondary N) is 2. The van der Waals surface area contributed by atoms with Gasteiger partial charge < -0.3 is 10.7 Å². The van der Waals surface area contributed by atoms with Gasteiger partial charge in [-0.05, 0) is 18.2 Å². The number of aromatic nitrogens is 1. The largest absolute Gasteiger partial charge is 0.398 e. The van der Waals surface area contributed by atoms with Crippen molar-refractivity contribution >= 4 is 38.6 Å². The van der Waals surface area contributed by atoms with E-state index in [9.17, 15) is 13.2 Å². The third-order valence-corrected chi connectivity index (χ3v) is 4.70. The van der Waals surface area contributed by atoms with Crippen molar-refractivity contribution < 1.29 is 8.42 Å². The Morgan fingerprint density at radius 3 is 2.79 bits per heavy atom. The molecular weight excluding hydrogens is 310 g/mol. The number of hydrogen-bond acceptors (Lipinski definition) is 5. The molecule has 0 saturated carbocycles. The lowest BCUT2D eigenvalue weighted by atomic mass is 10.3. The molecule has 0 atom stereocenters. The van der Waals surface area contributed by atoms with Crippen LogP contribution in [0.2, 0.25) is 5.02 Å². The van der Waals surface area contributed by atoms with E-state index in [4.69, 9.17) is 17.3 Å². The van der Waals surface area contributed by atoms with E-state index in [1.807, 2.05) is 0 Å². The van der Waals surface area contributed by atoms with Crippen molar-refractivity contribution in [3.63, 3.8) is 0 Å². The fourth-order valence-electron chi connectivity index (χ4n) is 1.39. The summed E-state index contributed by atoms with van der Waals surface area (Å²) in [6.45, 7) is -0.0208. The van der Waals surface area contributed by atoms with E-state index in [-0.39, 0.29) is 27.0 Å². The number of H-pyrrole nitrogens is 1. The lowest BCUT2D eigenvalue weighted by molar-refractivity contribution is 0.581. The van der Waals surface area contributed by atoms with Crippen LogP contribution in [-0.2, 0) is 16.6 Å². The molecule has 0 amide bonds. The van der Waals surface area contributed by atoms with Gasteiger partial charge in [0.05, 0.1) is 12.2 Å². The Balaban J connectivity index is 2.23. The maximum absolute atomic E-state index is 12.0. The number of benzene rings is 1. The van der Waals surface area contributed by atoms with Crippen LogP contribution in [0.5, 0.6) is 0 Å². The monoisotopic (exact) mass is 319 g/mol. The Morgan fingerprint density at radius 2 is 2.16 bits per heavy atom. The lowest BCUT2D eigenvalue weighted by Crippen LogP contribution is -2.24. The highest BCUT2D eigenvalue weighted by Gasteiger charge is 2.17. The molecule has 0 unspecified atom stereocenters. The normalized spacial score (nSPS) is 11.6. The molecule has 2 aromatic rings. The van der Waals surface area contributed by atoms with Crippen LogP contribution in [0.25, 0.3) is 0 Å². The summed E-state index contributed by atoms with van der Waals surface area (Å²) in [6.07, 6.45) is 0. The molecule has 1 heterocycles. The van der Waals surface area contributed by atoms with E-state index in [0.29, 0.717) is 5.69 Å². The minimum absolute atomic E-state index is 0.0208. The average Bonchev–Trinajstić information content (AvgIpc) is 2.76. The molecule has 0 saturated heterocycles. The number of nitrogen functional groups attached to an aromatic ring is 1. The number of hydrogen-bond donors (Lipinski definition) is 3. The molecule has 0 aliphatic heterocycles. The summed E-state index contributed by atoms with van der Waals surface area (Å²) in [5.74, 6) is 0. The molecule has 1 aromatic heterocycles. The van der Waals surface area contributed by atoms with Gasteiger partial charge in [-0.2, -0.15) is 0 Å². The summed E-state index contributed by atoms with van der Waals surface area (Å²) in [4.78, 5) is 13.1. The molecule has 2 rings (SSSR count). The van der Waals surface area contributed by atoms with Crippen molar-refractivity contribution in [3.05, 3.63) is 44.0 Å². The standard InChI is InChI=1S/C10H10ClN3O3S2/c11-6-1-2-8(12)9(3-6)19(16,17)13-4-7-5-18-10(15)14-7/h1-3,5,13H,4,12H2,(H,14,15). The summed E-state index contributed by atoms with van der Waals surface area (Å²) in [7, 11) is -3.78. The van der Waals surface area contributed by atoms with Crippen molar-refractivity contribution in [2.75, 3.05) is 5.73 Å². The van der Waals surface area contributed by atoms with Crippen LogP contribution in [0.4, 0.5) is 5.69 Å². The number of anilines is 1. The Hall–Kier alpha value is -1.35. The van der Waals surface area contributed by atoms with Crippen LogP contribution in [0.15, 0.2) is 33.3 Å². The van der Waals surface area contributed by atoms with Crippen molar-refractivity contribution in [2.45, 2.75) is 11.4 Å². The van der Waals surface area contributed by atoms with Gasteiger partial charge in [-0.1, -0.05) is 22.9 Å². The number of nitrogens with two attached hydrogens (primary N) is 1. The average molecular weight is 320 g/mol. The first-order chi connectivity index (χ1) is 8.88. The van der Waals surface area contributed by atoms with Crippen molar-refractivity contribution in [3.8, 4) is 0 Å². The predicted molar refractivity (Wildman–Crippen MR) is 74.8 cm³/mol. The lowest BCUT2D eigenvalue weighted by Gasteiger charge is -2.08. The highest BCUT2D eigenvalue weighted by atomic mass is 35.5. The Labute approximate surface area is 118 Å². The fraction of sp³-hybridized carbons (Fsp3) is 0.100. The quantitative estimate of drug-likeness (QED) is 0.735. The van der Waals surface area contributed by atoms with Crippen LogP contribution in [0.1, 0.15) is 5.69 Å². The summed E-state index contributed by atoms with van der Waals surface area (Å²) in [5.41, 5.74) is 6.21. The molecule has 102 valence electrons. The zero-order chi connectivity index (χ0) is 14.0. The van der Waals surface area contributed by atoms with Gasteiger partial charge in [-0.3, -0.25) is 4.79 Å². The molecular formula is C10H10ClN3O3S2. The van der Waals surface area contributed by atoms with Gasteiger partial charge in [0.1, 0.15) is 4.90 Å². The van der Waals surface area contributed by atoms with E-state index in [1.165, 1.54) is 18.2 Å². The molecule has 0 spiro atoms. The summed E-state index contributed by atoms with van der Waals surface area (Å²) >= 11 is 6.71. The summed E-state index contributed by atoms with van der Waals surface area (Å²) in [5, 5.41) is 1.82. The molecule has 0 radical (unpaired) electrons. The van der Waals surface area contributed by atoms with Gasteiger partial charge >= 0.3 is 4.87 Å². The van der Waals surface area contributed by atoms with Crippen molar-refractivity contribution in [1.29, 1.82) is 0 Å². The van der Waals surface area contributed by atoms with Crippen LogP contribution < -0.4 is 15.3 Å². The van der Waals surface area contributed by atoms with E-state index in [0.717, 1.165) is 11.3 Å². The molecule has 0 bridgehead atoms. The van der Waals surface area contributed by atoms with E-state index < -0.39 is 10.0 Å². The van der Waals surface area contributed by atoms with Crippen LogP contribution in [0.3, 0.4) is 0 Å². The minimum atomic E-state index is -3.78. The van der Waals surface area contributed by atoms with Gasteiger partial charge in [0, 0.05) is 16.1 Å². The number of aromatic amines is 1. The summed E-state index contributed by atoms with van der Waals surface area (Å²) < 4.78 is 26.4. The van der Waals surface area contributed by atoms with Crippen LogP contribution in [-0.4, -0.2) is 13.4 Å². The molecule has 19 heavy (non-hydrogen) atoms. The molecule has 9 heteroatoms. The number of halogens is 1. The van der Waals surface area contributed by atoms with Crippen LogP contribution in [0, 0.1) is 0 Å². The maximum atomic E-state index is 12.0. The Kier molecular flexibility index (Phi) is 3.95. The zero-order valence-corrected chi connectivity index (χ0v) is 11.9. The zero-order valence-electron chi connectivity index (χ0n) is 9.51. The van der Waals surface area contributed by atoms with E-state index >= 15 is 0 Å². The predicted octanol–water partition coefficient (Wildman–Crippen LogP) is 1.15. The molecule has 0 aliphatic rings. The molecule has 6 nitrogen and oxygen atoms in total. The van der Waals surface area contributed by atoms with Gasteiger partial charge in [-0.15, -0.1) is 0 Å². The van der Waals surface area contributed by atoms with Gasteiger partial charge in [0.2, 0.25) is 10.0 Å². The fourth-order valence-corrected chi connectivity index (χ4v) is 3.37. The van der Waals surface area contributed by atoms with Crippen LogP contribution >= 0.6 is 22.9 Å². The topological polar surface area (TPSA) is 105 Å². The Bertz CT molecular complexity index is 751. The maximum Gasteiger partial charge on any atom is 0.304 e. The first-order valence-electron chi connectivity index (χ1n) is 5.10. The van der Waals surface area contributed by atoms with Gasteiger partial charge in [-0.25, -0.2) is 13.1 Å². The second kappa shape index (κ2) is 5.33. The SMILES string of the molecule is Nc1ccc(Cl)cc1S(=O)(=O)NCc1csc(=O)[nH]1. The number of rotatable bonds is 4. The first kappa shape index (κ1) is 14.1. The highest BCUT2D eigenvalue weighted by Crippen LogP contribution is 2.22. The molecule has 4 N–H and O–H groups in total. The summed E-state index contributed by atoms with van der Waals surface area (Å²) in [6, 6.07) is 4.20. The van der Waals surface area contributed by atoms with Crippen molar-refractivity contribution in [2.24, 2.45) is 0 Å². The van der Waals surface area contributed by atoms with Gasteiger partial charge in [0.25, 0.3) is 0 Å². The number of sulfonamides is 1. The minimum Gasteiger partial charge on any atom is -0.398 e. The second-order valence-electron chi connectivity index (χ2n) is 3.68.